The second-order valence-electron chi connectivity index (χ2n) is 7.27. The lowest BCUT2D eigenvalue weighted by Crippen LogP contribution is -2.40. The zero-order chi connectivity index (χ0) is 22.0. The number of nitrogens with zero attached hydrogens (tertiary/aromatic N) is 5. The normalized spacial score (nSPS) is 11.2. The Balaban J connectivity index is 1.58. The average Bonchev–Trinajstić information content (AvgIpc) is 3.22. The average molecular weight is 438 g/mol. The standard InChI is InChI=1S/C22H20ClN5O3/c1-14(2)27(12-19-25-26-22(31-19)15-7-3-4-8-16(15)23)21(30)13-28-18-10-6-5-9-17(18)24-11-20(28)29/h3-11,14H,12-13H2,1-2H3. The number of carbonyl (C=O) groups excluding carboxylic acids is 1. The first-order chi connectivity index (χ1) is 14.9. The Bertz CT molecular complexity index is 1300. The highest BCUT2D eigenvalue weighted by Crippen LogP contribution is 2.26. The van der Waals surface area contributed by atoms with Gasteiger partial charge in [-0.2, -0.15) is 0 Å². The van der Waals surface area contributed by atoms with Crippen molar-refractivity contribution < 1.29 is 9.21 Å². The smallest absolute Gasteiger partial charge is 0.269 e. The number of benzene rings is 2. The molecule has 0 radical (unpaired) electrons. The van der Waals surface area contributed by atoms with E-state index in [1.54, 1.807) is 35.2 Å². The van der Waals surface area contributed by atoms with Gasteiger partial charge in [0.25, 0.3) is 5.56 Å². The van der Waals surface area contributed by atoms with Crippen LogP contribution >= 0.6 is 11.6 Å². The van der Waals surface area contributed by atoms with E-state index in [2.05, 4.69) is 15.2 Å². The van der Waals surface area contributed by atoms with E-state index in [-0.39, 0.29) is 42.4 Å². The fourth-order valence-corrected chi connectivity index (χ4v) is 3.49. The van der Waals surface area contributed by atoms with Crippen molar-refractivity contribution in [2.75, 3.05) is 0 Å². The van der Waals surface area contributed by atoms with E-state index in [4.69, 9.17) is 16.0 Å². The van der Waals surface area contributed by atoms with Gasteiger partial charge in [-0.05, 0) is 38.1 Å². The van der Waals surface area contributed by atoms with Crippen LogP contribution in [0.3, 0.4) is 0 Å². The fourth-order valence-electron chi connectivity index (χ4n) is 3.27. The second kappa shape index (κ2) is 8.69. The molecule has 0 aliphatic carbocycles. The number of fused-ring (bicyclic) bond motifs is 1. The van der Waals surface area contributed by atoms with Crippen molar-refractivity contribution in [1.82, 2.24) is 24.6 Å². The Morgan fingerprint density at radius 3 is 2.65 bits per heavy atom. The third kappa shape index (κ3) is 4.34. The van der Waals surface area contributed by atoms with Gasteiger partial charge in [-0.25, -0.2) is 4.98 Å². The van der Waals surface area contributed by atoms with Crippen molar-refractivity contribution in [1.29, 1.82) is 0 Å². The fraction of sp³-hybridized carbons (Fsp3) is 0.227. The van der Waals surface area contributed by atoms with Crippen LogP contribution in [0.25, 0.3) is 22.5 Å². The highest BCUT2D eigenvalue weighted by atomic mass is 35.5. The van der Waals surface area contributed by atoms with Crippen LogP contribution in [0.5, 0.6) is 0 Å². The van der Waals surface area contributed by atoms with Gasteiger partial charge in [0.1, 0.15) is 6.54 Å². The molecule has 0 saturated heterocycles. The molecule has 0 fully saturated rings. The molecule has 0 spiro atoms. The number of rotatable bonds is 6. The summed E-state index contributed by atoms with van der Waals surface area (Å²) < 4.78 is 7.17. The van der Waals surface area contributed by atoms with E-state index in [1.807, 2.05) is 32.0 Å². The molecule has 0 N–H and O–H groups in total. The third-order valence-electron chi connectivity index (χ3n) is 4.87. The van der Waals surface area contributed by atoms with Crippen molar-refractivity contribution in [2.45, 2.75) is 33.0 Å². The van der Waals surface area contributed by atoms with Gasteiger partial charge in [0.2, 0.25) is 17.7 Å². The highest BCUT2D eigenvalue weighted by molar-refractivity contribution is 6.33. The minimum absolute atomic E-state index is 0.117. The van der Waals surface area contributed by atoms with E-state index in [0.29, 0.717) is 21.6 Å². The molecular formula is C22H20ClN5O3. The lowest BCUT2D eigenvalue weighted by Gasteiger charge is -2.25. The van der Waals surface area contributed by atoms with Gasteiger partial charge >= 0.3 is 0 Å². The molecule has 2 aromatic carbocycles. The molecular weight excluding hydrogens is 418 g/mol. The Morgan fingerprint density at radius 2 is 1.87 bits per heavy atom. The van der Waals surface area contributed by atoms with Crippen LogP contribution in [-0.4, -0.2) is 36.6 Å². The first-order valence-corrected chi connectivity index (χ1v) is 10.1. The zero-order valence-electron chi connectivity index (χ0n) is 17.0. The molecule has 1 amide bonds. The topological polar surface area (TPSA) is 94.1 Å². The van der Waals surface area contributed by atoms with Crippen molar-refractivity contribution in [2.24, 2.45) is 0 Å². The van der Waals surface area contributed by atoms with E-state index in [9.17, 15) is 9.59 Å². The van der Waals surface area contributed by atoms with Crippen LogP contribution < -0.4 is 5.56 Å². The lowest BCUT2D eigenvalue weighted by molar-refractivity contribution is -0.134. The van der Waals surface area contributed by atoms with Crippen molar-refractivity contribution in [3.8, 4) is 11.5 Å². The van der Waals surface area contributed by atoms with E-state index >= 15 is 0 Å². The highest BCUT2D eigenvalue weighted by Gasteiger charge is 2.22. The molecule has 8 nitrogen and oxygen atoms in total. The van der Waals surface area contributed by atoms with Gasteiger partial charge in [0, 0.05) is 6.04 Å². The quantitative estimate of drug-likeness (QED) is 0.458. The van der Waals surface area contributed by atoms with Crippen LogP contribution in [0.1, 0.15) is 19.7 Å². The minimum Gasteiger partial charge on any atom is -0.419 e. The maximum atomic E-state index is 13.1. The Morgan fingerprint density at radius 1 is 1.13 bits per heavy atom. The van der Waals surface area contributed by atoms with E-state index < -0.39 is 0 Å². The number of hydrogen-bond donors (Lipinski definition) is 0. The van der Waals surface area contributed by atoms with Crippen LogP contribution in [-0.2, 0) is 17.9 Å². The summed E-state index contributed by atoms with van der Waals surface area (Å²) in [7, 11) is 0. The predicted molar refractivity (Wildman–Crippen MR) is 116 cm³/mol. The summed E-state index contributed by atoms with van der Waals surface area (Å²) in [6.45, 7) is 3.77. The number of para-hydroxylation sites is 2. The molecule has 0 bridgehead atoms. The number of hydrogen-bond acceptors (Lipinski definition) is 6. The third-order valence-corrected chi connectivity index (χ3v) is 5.20. The molecule has 4 aromatic rings. The molecule has 0 unspecified atom stereocenters. The predicted octanol–water partition coefficient (Wildman–Crippen LogP) is 3.54. The summed E-state index contributed by atoms with van der Waals surface area (Å²) in [5, 5.41) is 8.62. The van der Waals surface area contributed by atoms with Gasteiger partial charge in [0.05, 0.1) is 34.4 Å². The van der Waals surface area contributed by atoms with Crippen molar-refractivity contribution in [3.63, 3.8) is 0 Å². The van der Waals surface area contributed by atoms with Crippen LogP contribution in [0, 0.1) is 0 Å². The van der Waals surface area contributed by atoms with E-state index in [0.717, 1.165) is 0 Å². The van der Waals surface area contributed by atoms with Crippen LogP contribution in [0.2, 0.25) is 5.02 Å². The Hall–Kier alpha value is -3.52. The van der Waals surface area contributed by atoms with E-state index in [1.165, 1.54) is 10.8 Å². The number of aromatic nitrogens is 4. The Labute approximate surface area is 183 Å². The molecule has 2 heterocycles. The lowest BCUT2D eigenvalue weighted by atomic mass is 10.2. The molecule has 0 aliphatic heterocycles. The first kappa shape index (κ1) is 20.7. The molecule has 2 aromatic heterocycles. The molecule has 158 valence electrons. The molecule has 4 rings (SSSR count). The van der Waals surface area contributed by atoms with Crippen molar-refractivity contribution >= 4 is 28.5 Å². The molecule has 0 aliphatic rings. The van der Waals surface area contributed by atoms with Gasteiger partial charge in [-0.3, -0.25) is 14.2 Å². The first-order valence-electron chi connectivity index (χ1n) is 9.75. The minimum atomic E-state index is -0.338. The molecule has 0 atom stereocenters. The summed E-state index contributed by atoms with van der Waals surface area (Å²) in [4.78, 5) is 31.2. The zero-order valence-corrected chi connectivity index (χ0v) is 17.8. The van der Waals surface area contributed by atoms with Crippen LogP contribution in [0.4, 0.5) is 0 Å². The Kier molecular flexibility index (Phi) is 5.81. The van der Waals surface area contributed by atoms with Crippen molar-refractivity contribution in [3.05, 3.63) is 76.0 Å². The number of carbonyl (C=O) groups is 1. The largest absolute Gasteiger partial charge is 0.419 e. The summed E-state index contributed by atoms with van der Waals surface area (Å²) in [6.07, 6.45) is 1.23. The second-order valence-corrected chi connectivity index (χ2v) is 7.67. The number of halogens is 1. The summed E-state index contributed by atoms with van der Waals surface area (Å²) in [5.41, 5.74) is 1.54. The van der Waals surface area contributed by atoms with Gasteiger partial charge in [-0.1, -0.05) is 35.9 Å². The SMILES string of the molecule is CC(C)N(Cc1nnc(-c2ccccc2Cl)o1)C(=O)Cn1c(=O)cnc2ccccc21. The van der Waals surface area contributed by atoms with Crippen LogP contribution in [0.15, 0.2) is 63.9 Å². The summed E-state index contributed by atoms with van der Waals surface area (Å²) in [6, 6.07) is 14.2. The summed E-state index contributed by atoms with van der Waals surface area (Å²) >= 11 is 6.20. The summed E-state index contributed by atoms with van der Waals surface area (Å²) in [5.74, 6) is 0.322. The maximum Gasteiger partial charge on any atom is 0.269 e. The molecule has 9 heteroatoms. The van der Waals surface area contributed by atoms with Gasteiger partial charge in [-0.15, -0.1) is 10.2 Å². The molecule has 31 heavy (non-hydrogen) atoms. The van der Waals surface area contributed by atoms with Gasteiger partial charge in [0.15, 0.2) is 0 Å². The molecule has 0 saturated carbocycles. The monoisotopic (exact) mass is 437 g/mol. The maximum absolute atomic E-state index is 13.1. The number of amides is 1. The van der Waals surface area contributed by atoms with Gasteiger partial charge < -0.3 is 9.32 Å².